The van der Waals surface area contributed by atoms with E-state index in [-0.39, 0.29) is 5.75 Å². The number of amides is 1. The molecule has 1 amide bonds. The first-order valence-corrected chi connectivity index (χ1v) is 8.52. The Morgan fingerprint density at radius 2 is 1.85 bits per heavy atom. The lowest BCUT2D eigenvalue weighted by atomic mass is 10.1. The molecule has 2 atom stereocenters. The zero-order chi connectivity index (χ0) is 19.3. The number of halogens is 4. The van der Waals surface area contributed by atoms with Gasteiger partial charge < -0.3 is 14.8 Å². The predicted molar refractivity (Wildman–Crippen MR) is 93.8 cm³/mol. The van der Waals surface area contributed by atoms with Crippen LogP contribution in [0.25, 0.3) is 0 Å². The van der Waals surface area contributed by atoms with E-state index in [4.69, 9.17) is 4.74 Å². The molecule has 0 aliphatic heterocycles. The maximum atomic E-state index is 13.1. The molecule has 2 aromatic carbocycles. The minimum absolute atomic E-state index is 0.0122. The Kier molecular flexibility index (Phi) is 6.90. The molecule has 0 saturated heterocycles. The summed E-state index contributed by atoms with van der Waals surface area (Å²) in [7, 11) is 0. The van der Waals surface area contributed by atoms with Crippen LogP contribution in [0.4, 0.5) is 13.2 Å². The first-order chi connectivity index (χ1) is 12.3. The van der Waals surface area contributed by atoms with E-state index in [2.05, 4.69) is 26.0 Å². The fourth-order valence-corrected chi connectivity index (χ4v) is 2.63. The third kappa shape index (κ3) is 5.66. The van der Waals surface area contributed by atoms with E-state index in [1.807, 2.05) is 0 Å². The molecule has 0 bridgehead atoms. The molecule has 1 N–H and O–H groups in total. The highest BCUT2D eigenvalue weighted by Gasteiger charge is 2.19. The second kappa shape index (κ2) is 8.93. The summed E-state index contributed by atoms with van der Waals surface area (Å²) in [4.78, 5) is 12.3. The number of ether oxygens (including phenoxy) is 2. The fourth-order valence-electron chi connectivity index (χ4n) is 2.19. The molecule has 140 valence electrons. The first kappa shape index (κ1) is 20.1. The highest BCUT2D eigenvalue weighted by molar-refractivity contribution is 9.10. The van der Waals surface area contributed by atoms with Gasteiger partial charge in [-0.1, -0.05) is 12.1 Å². The molecule has 0 aromatic heterocycles. The molecular weight excluding hydrogens is 415 g/mol. The van der Waals surface area contributed by atoms with Crippen molar-refractivity contribution in [1.29, 1.82) is 0 Å². The second-order valence-corrected chi connectivity index (χ2v) is 6.37. The summed E-state index contributed by atoms with van der Waals surface area (Å²) < 4.78 is 48.0. The molecule has 0 fully saturated rings. The summed E-state index contributed by atoms with van der Waals surface area (Å²) in [5.74, 6) is -0.498. The lowest BCUT2D eigenvalue weighted by molar-refractivity contribution is -0.127. The molecule has 0 radical (unpaired) electrons. The number of benzene rings is 2. The van der Waals surface area contributed by atoms with Gasteiger partial charge in [0.15, 0.2) is 6.10 Å². The van der Waals surface area contributed by atoms with E-state index in [0.717, 1.165) is 0 Å². The fraction of sp³-hybridized carbons (Fsp3) is 0.278. The predicted octanol–water partition coefficient (Wildman–Crippen LogP) is 4.83. The van der Waals surface area contributed by atoms with Crippen LogP contribution in [-0.2, 0) is 4.79 Å². The molecule has 2 unspecified atom stereocenters. The number of nitrogens with one attached hydrogen (secondary N) is 1. The van der Waals surface area contributed by atoms with Gasteiger partial charge >= 0.3 is 6.61 Å². The van der Waals surface area contributed by atoms with Crippen molar-refractivity contribution in [2.75, 3.05) is 0 Å². The van der Waals surface area contributed by atoms with Crippen LogP contribution in [0.2, 0.25) is 0 Å². The average Bonchev–Trinajstić information content (AvgIpc) is 2.56. The lowest BCUT2D eigenvalue weighted by Crippen LogP contribution is -2.37. The number of carbonyl (C=O) groups excluding carboxylic acids is 1. The van der Waals surface area contributed by atoms with E-state index >= 15 is 0 Å². The van der Waals surface area contributed by atoms with Crippen LogP contribution in [0.1, 0.15) is 25.5 Å². The third-order valence-electron chi connectivity index (χ3n) is 3.51. The molecule has 0 spiro atoms. The molecule has 2 rings (SSSR count). The van der Waals surface area contributed by atoms with E-state index in [9.17, 15) is 18.0 Å². The van der Waals surface area contributed by atoms with Crippen molar-refractivity contribution in [2.24, 2.45) is 0 Å². The van der Waals surface area contributed by atoms with Gasteiger partial charge in [0.05, 0.1) is 10.5 Å². The van der Waals surface area contributed by atoms with Crippen molar-refractivity contribution in [1.82, 2.24) is 5.32 Å². The summed E-state index contributed by atoms with van der Waals surface area (Å²) in [6.07, 6.45) is -0.847. The standard InChI is InChI=1S/C18H17BrF3NO3/c1-10(12-4-3-5-14(8-12)26-18(21)22)23-17(24)11(2)25-16-7-6-13(20)9-15(16)19/h3-11,18H,1-2H3,(H,23,24). The maximum absolute atomic E-state index is 13.1. The maximum Gasteiger partial charge on any atom is 0.387 e. The minimum atomic E-state index is -2.92. The summed E-state index contributed by atoms with van der Waals surface area (Å²) in [6.45, 7) is 0.339. The molecule has 0 aliphatic rings. The van der Waals surface area contributed by atoms with E-state index in [0.29, 0.717) is 15.8 Å². The Bertz CT molecular complexity index is 773. The Hall–Kier alpha value is -2.22. The largest absolute Gasteiger partial charge is 0.480 e. The molecule has 0 saturated carbocycles. The van der Waals surface area contributed by atoms with Gasteiger partial charge in [-0.3, -0.25) is 4.79 Å². The Labute approximate surface area is 157 Å². The molecular formula is C18H17BrF3NO3. The summed E-state index contributed by atoms with van der Waals surface area (Å²) >= 11 is 3.17. The summed E-state index contributed by atoms with van der Waals surface area (Å²) in [5.41, 5.74) is 0.603. The highest BCUT2D eigenvalue weighted by atomic mass is 79.9. The number of alkyl halides is 2. The normalized spacial score (nSPS) is 13.2. The molecule has 4 nitrogen and oxygen atoms in total. The van der Waals surface area contributed by atoms with Crippen molar-refractivity contribution >= 4 is 21.8 Å². The first-order valence-electron chi connectivity index (χ1n) is 7.73. The van der Waals surface area contributed by atoms with E-state index in [1.54, 1.807) is 26.0 Å². The van der Waals surface area contributed by atoms with Crippen LogP contribution in [0, 0.1) is 5.82 Å². The highest BCUT2D eigenvalue weighted by Crippen LogP contribution is 2.26. The average molecular weight is 432 g/mol. The Morgan fingerprint density at radius 3 is 2.50 bits per heavy atom. The SMILES string of the molecule is CC(Oc1ccc(F)cc1Br)C(=O)NC(C)c1cccc(OC(F)F)c1. The van der Waals surface area contributed by atoms with Crippen LogP contribution < -0.4 is 14.8 Å². The molecule has 8 heteroatoms. The van der Waals surface area contributed by atoms with Gasteiger partial charge in [0.1, 0.15) is 17.3 Å². The van der Waals surface area contributed by atoms with Crippen molar-refractivity contribution in [3.8, 4) is 11.5 Å². The van der Waals surface area contributed by atoms with Gasteiger partial charge in [0.2, 0.25) is 0 Å². The van der Waals surface area contributed by atoms with Gasteiger partial charge in [-0.2, -0.15) is 8.78 Å². The quantitative estimate of drug-likeness (QED) is 0.682. The van der Waals surface area contributed by atoms with Gasteiger partial charge in [-0.05, 0) is 65.7 Å². The minimum Gasteiger partial charge on any atom is -0.480 e. The summed E-state index contributed by atoms with van der Waals surface area (Å²) in [6, 6.07) is 9.50. The smallest absolute Gasteiger partial charge is 0.387 e. The zero-order valence-electron chi connectivity index (χ0n) is 14.0. The van der Waals surface area contributed by atoms with Crippen molar-refractivity contribution in [3.63, 3.8) is 0 Å². The van der Waals surface area contributed by atoms with Crippen LogP contribution >= 0.6 is 15.9 Å². The van der Waals surface area contributed by atoms with Gasteiger partial charge in [-0.15, -0.1) is 0 Å². The van der Waals surface area contributed by atoms with E-state index < -0.39 is 30.5 Å². The van der Waals surface area contributed by atoms with Crippen LogP contribution in [0.3, 0.4) is 0 Å². The molecule has 0 aliphatic carbocycles. The monoisotopic (exact) mass is 431 g/mol. The number of rotatable bonds is 7. The van der Waals surface area contributed by atoms with Crippen LogP contribution in [0.5, 0.6) is 11.5 Å². The van der Waals surface area contributed by atoms with Gasteiger partial charge in [-0.25, -0.2) is 4.39 Å². The van der Waals surface area contributed by atoms with Crippen molar-refractivity contribution in [2.45, 2.75) is 32.6 Å². The van der Waals surface area contributed by atoms with Crippen LogP contribution in [-0.4, -0.2) is 18.6 Å². The number of hydrogen-bond donors (Lipinski definition) is 1. The Morgan fingerprint density at radius 1 is 1.12 bits per heavy atom. The van der Waals surface area contributed by atoms with Crippen LogP contribution in [0.15, 0.2) is 46.9 Å². The number of hydrogen-bond acceptors (Lipinski definition) is 3. The van der Waals surface area contributed by atoms with Gasteiger partial charge in [0.25, 0.3) is 5.91 Å². The number of carbonyl (C=O) groups is 1. The second-order valence-electron chi connectivity index (χ2n) is 5.52. The Balaban J connectivity index is 1.99. The van der Waals surface area contributed by atoms with E-state index in [1.165, 1.54) is 30.3 Å². The molecule has 2 aromatic rings. The lowest BCUT2D eigenvalue weighted by Gasteiger charge is -2.20. The topological polar surface area (TPSA) is 47.6 Å². The third-order valence-corrected chi connectivity index (χ3v) is 4.13. The zero-order valence-corrected chi connectivity index (χ0v) is 15.6. The summed E-state index contributed by atoms with van der Waals surface area (Å²) in [5, 5.41) is 2.73. The van der Waals surface area contributed by atoms with Crippen molar-refractivity contribution < 1.29 is 27.4 Å². The van der Waals surface area contributed by atoms with Crippen molar-refractivity contribution in [3.05, 3.63) is 58.3 Å². The molecule has 26 heavy (non-hydrogen) atoms. The van der Waals surface area contributed by atoms with Gasteiger partial charge in [0, 0.05) is 0 Å². The molecule has 0 heterocycles.